The van der Waals surface area contributed by atoms with Crippen molar-refractivity contribution in [2.24, 2.45) is 0 Å². The lowest BCUT2D eigenvalue weighted by Crippen LogP contribution is -2.17. The fraction of sp³-hybridized carbons (Fsp3) is 0.214. The molecule has 0 aliphatic rings. The summed E-state index contributed by atoms with van der Waals surface area (Å²) in [6, 6.07) is 11.2. The molecule has 0 aliphatic carbocycles. The minimum atomic E-state index is -0.826. The van der Waals surface area contributed by atoms with E-state index in [0.717, 1.165) is 21.4 Å². The van der Waals surface area contributed by atoms with Crippen LogP contribution in [0.1, 0.15) is 18.7 Å². The summed E-state index contributed by atoms with van der Waals surface area (Å²) in [6.45, 7) is 3.61. The van der Waals surface area contributed by atoms with Gasteiger partial charge in [-0.25, -0.2) is 4.79 Å². The molecule has 3 nitrogen and oxygen atoms in total. The average Bonchev–Trinajstić information content (AvgIpc) is 2.71. The number of aryl methyl sites for hydroxylation is 1. The number of carboxylic acid groups (broad SMARTS) is 1. The van der Waals surface area contributed by atoms with Crippen LogP contribution in [-0.2, 0) is 4.79 Å². The zero-order valence-electron chi connectivity index (χ0n) is 10.2. The van der Waals surface area contributed by atoms with Gasteiger partial charge in [-0.15, -0.1) is 0 Å². The van der Waals surface area contributed by atoms with Gasteiger partial charge in [-0.05, 0) is 43.7 Å². The first-order chi connectivity index (χ1) is 8.50. The molecule has 0 radical (unpaired) electrons. The molecule has 0 bridgehead atoms. The zero-order valence-corrected chi connectivity index (χ0v) is 11.8. The first kappa shape index (κ1) is 12.9. The monoisotopic (exact) mass is 307 g/mol. The molecule has 0 amide bonds. The van der Waals surface area contributed by atoms with Crippen molar-refractivity contribution >= 4 is 21.9 Å². The van der Waals surface area contributed by atoms with Crippen molar-refractivity contribution in [1.82, 2.24) is 4.57 Å². The minimum Gasteiger partial charge on any atom is -0.480 e. The second-order valence-electron chi connectivity index (χ2n) is 4.25. The highest BCUT2D eigenvalue weighted by Crippen LogP contribution is 2.27. The van der Waals surface area contributed by atoms with Crippen molar-refractivity contribution in [1.29, 1.82) is 0 Å². The molecule has 0 aliphatic heterocycles. The van der Waals surface area contributed by atoms with Gasteiger partial charge in [-0.2, -0.15) is 0 Å². The van der Waals surface area contributed by atoms with E-state index in [9.17, 15) is 4.79 Å². The number of benzene rings is 1. The number of halogens is 1. The van der Waals surface area contributed by atoms with Gasteiger partial charge in [0.2, 0.25) is 0 Å². The standard InChI is InChI=1S/C14H14BrNO2/c1-9-3-8-13(16(9)10(2)14(17)18)11-4-6-12(15)7-5-11/h3-8,10H,1-2H3,(H,17,18). The lowest BCUT2D eigenvalue weighted by molar-refractivity contribution is -0.140. The van der Waals surface area contributed by atoms with Crippen LogP contribution in [0.15, 0.2) is 40.9 Å². The van der Waals surface area contributed by atoms with Gasteiger partial charge in [-0.1, -0.05) is 28.1 Å². The first-order valence-electron chi connectivity index (χ1n) is 5.67. The molecule has 1 aromatic carbocycles. The molecular formula is C14H14BrNO2. The van der Waals surface area contributed by atoms with Gasteiger partial charge in [0.15, 0.2) is 0 Å². The van der Waals surface area contributed by atoms with E-state index in [1.807, 2.05) is 47.9 Å². The van der Waals surface area contributed by atoms with Gasteiger partial charge < -0.3 is 9.67 Å². The molecule has 1 N–H and O–H groups in total. The van der Waals surface area contributed by atoms with Gasteiger partial charge in [0.1, 0.15) is 6.04 Å². The Hall–Kier alpha value is -1.55. The number of rotatable bonds is 3. The van der Waals surface area contributed by atoms with Crippen LogP contribution >= 0.6 is 15.9 Å². The predicted octanol–water partition coefficient (Wildman–Crippen LogP) is 3.87. The molecule has 0 saturated carbocycles. The number of carboxylic acids is 1. The molecule has 2 rings (SSSR count). The van der Waals surface area contributed by atoms with Crippen LogP contribution in [0.2, 0.25) is 0 Å². The van der Waals surface area contributed by atoms with Gasteiger partial charge >= 0.3 is 5.97 Å². The fourth-order valence-electron chi connectivity index (χ4n) is 2.03. The molecule has 0 spiro atoms. The van der Waals surface area contributed by atoms with E-state index in [4.69, 9.17) is 5.11 Å². The molecule has 1 unspecified atom stereocenters. The third kappa shape index (κ3) is 2.34. The lowest BCUT2D eigenvalue weighted by atomic mass is 10.1. The van der Waals surface area contributed by atoms with Crippen molar-refractivity contribution in [2.75, 3.05) is 0 Å². The number of carbonyl (C=O) groups is 1. The lowest BCUT2D eigenvalue weighted by Gasteiger charge is -2.16. The fourth-order valence-corrected chi connectivity index (χ4v) is 2.29. The molecule has 4 heteroatoms. The summed E-state index contributed by atoms with van der Waals surface area (Å²) in [7, 11) is 0. The molecule has 1 heterocycles. The second-order valence-corrected chi connectivity index (χ2v) is 5.17. The maximum Gasteiger partial charge on any atom is 0.326 e. The Morgan fingerprint density at radius 3 is 2.39 bits per heavy atom. The van der Waals surface area contributed by atoms with Crippen LogP contribution in [0.5, 0.6) is 0 Å². The topological polar surface area (TPSA) is 42.2 Å². The number of aromatic nitrogens is 1. The number of hydrogen-bond donors (Lipinski definition) is 1. The second kappa shape index (κ2) is 4.98. The summed E-state index contributed by atoms with van der Waals surface area (Å²) in [5, 5.41) is 9.17. The smallest absolute Gasteiger partial charge is 0.326 e. The molecular weight excluding hydrogens is 294 g/mol. The number of aliphatic carboxylic acids is 1. The van der Waals surface area contributed by atoms with E-state index < -0.39 is 12.0 Å². The highest BCUT2D eigenvalue weighted by atomic mass is 79.9. The van der Waals surface area contributed by atoms with Crippen LogP contribution in [-0.4, -0.2) is 15.6 Å². The van der Waals surface area contributed by atoms with E-state index in [-0.39, 0.29) is 0 Å². The Labute approximate surface area is 114 Å². The number of hydrogen-bond acceptors (Lipinski definition) is 1. The average molecular weight is 308 g/mol. The maximum absolute atomic E-state index is 11.2. The first-order valence-corrected chi connectivity index (χ1v) is 6.46. The molecule has 1 atom stereocenters. The Morgan fingerprint density at radius 1 is 1.22 bits per heavy atom. The summed E-state index contributed by atoms with van der Waals surface area (Å²) < 4.78 is 2.85. The normalized spacial score (nSPS) is 12.4. The van der Waals surface area contributed by atoms with Crippen LogP contribution < -0.4 is 0 Å². The van der Waals surface area contributed by atoms with Gasteiger partial charge in [0.05, 0.1) is 0 Å². The Kier molecular flexibility index (Phi) is 3.57. The van der Waals surface area contributed by atoms with Gasteiger partial charge in [0, 0.05) is 15.9 Å². The Morgan fingerprint density at radius 2 is 1.83 bits per heavy atom. The maximum atomic E-state index is 11.2. The van der Waals surface area contributed by atoms with Crippen LogP contribution in [0.4, 0.5) is 0 Å². The molecule has 0 fully saturated rings. The summed E-state index contributed by atoms with van der Waals surface area (Å²) in [6.07, 6.45) is 0. The highest BCUT2D eigenvalue weighted by Gasteiger charge is 2.18. The molecule has 18 heavy (non-hydrogen) atoms. The number of nitrogens with zero attached hydrogens (tertiary/aromatic N) is 1. The SMILES string of the molecule is Cc1ccc(-c2ccc(Br)cc2)n1C(C)C(=O)O. The molecule has 94 valence electrons. The van der Waals surface area contributed by atoms with Crippen LogP contribution in [0.3, 0.4) is 0 Å². The molecule has 0 saturated heterocycles. The quantitative estimate of drug-likeness (QED) is 0.935. The largest absolute Gasteiger partial charge is 0.480 e. The van der Waals surface area contributed by atoms with E-state index in [1.54, 1.807) is 6.92 Å². The minimum absolute atomic E-state index is 0.571. The highest BCUT2D eigenvalue weighted by molar-refractivity contribution is 9.10. The van der Waals surface area contributed by atoms with Crippen molar-refractivity contribution < 1.29 is 9.90 Å². The Bertz CT molecular complexity index is 572. The zero-order chi connectivity index (χ0) is 13.3. The summed E-state index contributed by atoms with van der Waals surface area (Å²) >= 11 is 3.39. The van der Waals surface area contributed by atoms with Crippen LogP contribution in [0, 0.1) is 6.92 Å². The van der Waals surface area contributed by atoms with Crippen molar-refractivity contribution in [2.45, 2.75) is 19.9 Å². The third-order valence-corrected chi connectivity index (χ3v) is 3.54. The van der Waals surface area contributed by atoms with Crippen molar-refractivity contribution in [3.63, 3.8) is 0 Å². The van der Waals surface area contributed by atoms with E-state index in [2.05, 4.69) is 15.9 Å². The van der Waals surface area contributed by atoms with E-state index in [0.29, 0.717) is 0 Å². The Balaban J connectivity index is 2.52. The van der Waals surface area contributed by atoms with Crippen molar-refractivity contribution in [3.8, 4) is 11.3 Å². The van der Waals surface area contributed by atoms with Gasteiger partial charge in [0.25, 0.3) is 0 Å². The predicted molar refractivity (Wildman–Crippen MR) is 74.7 cm³/mol. The van der Waals surface area contributed by atoms with E-state index >= 15 is 0 Å². The third-order valence-electron chi connectivity index (χ3n) is 3.01. The van der Waals surface area contributed by atoms with Crippen molar-refractivity contribution in [3.05, 3.63) is 46.6 Å². The van der Waals surface area contributed by atoms with E-state index in [1.165, 1.54) is 0 Å². The summed E-state index contributed by atoms with van der Waals surface area (Å²) in [5.74, 6) is -0.826. The summed E-state index contributed by atoms with van der Waals surface area (Å²) in [5.41, 5.74) is 2.89. The van der Waals surface area contributed by atoms with Gasteiger partial charge in [-0.3, -0.25) is 0 Å². The van der Waals surface area contributed by atoms with Crippen LogP contribution in [0.25, 0.3) is 11.3 Å². The molecule has 1 aromatic heterocycles. The summed E-state index contributed by atoms with van der Waals surface area (Å²) in [4.78, 5) is 11.2. The molecule has 2 aromatic rings.